The second-order valence-corrected chi connectivity index (χ2v) is 8.64. The van der Waals surface area contributed by atoms with Crippen LogP contribution < -0.4 is 10.5 Å². The average molecular weight is 400 g/mol. The Labute approximate surface area is 163 Å². The highest BCUT2D eigenvalue weighted by Crippen LogP contribution is 2.25. The Morgan fingerprint density at radius 3 is 2.64 bits per heavy atom. The largest absolute Gasteiger partial charge is 0.398 e. The number of nitrogens with two attached hydrogens (primary N) is 1. The first-order valence-electron chi connectivity index (χ1n) is 8.70. The van der Waals surface area contributed by atoms with Crippen molar-refractivity contribution >= 4 is 26.6 Å². The normalized spacial score (nSPS) is 12.8. The Hall–Kier alpha value is -2.89. The van der Waals surface area contributed by atoms with Crippen LogP contribution in [0.4, 0.5) is 10.1 Å². The molecule has 3 rings (SSSR count). The zero-order chi connectivity index (χ0) is 20.6. The van der Waals surface area contributed by atoms with Gasteiger partial charge in [-0.25, -0.2) is 17.5 Å². The van der Waals surface area contributed by atoms with Gasteiger partial charge in [-0.2, -0.15) is 5.26 Å². The minimum atomic E-state index is -3.83. The lowest BCUT2D eigenvalue weighted by atomic mass is 10.1. The number of nitrogens with one attached hydrogen (secondary N) is 1. The zero-order valence-electron chi connectivity index (χ0n) is 15.8. The summed E-state index contributed by atoms with van der Waals surface area (Å²) in [4.78, 5) is 0.0714. The van der Waals surface area contributed by atoms with E-state index in [1.165, 1.54) is 12.1 Å². The predicted octanol–water partition coefficient (Wildman–Crippen LogP) is 3.22. The Morgan fingerprint density at radius 2 is 2.00 bits per heavy atom. The summed E-state index contributed by atoms with van der Waals surface area (Å²) in [6.07, 6.45) is 1.60. The van der Waals surface area contributed by atoms with Gasteiger partial charge in [0.25, 0.3) is 0 Å². The molecule has 1 heterocycles. The average Bonchev–Trinajstić information content (AvgIpc) is 2.89. The summed E-state index contributed by atoms with van der Waals surface area (Å²) in [5, 5.41) is 9.78. The lowest BCUT2D eigenvalue weighted by Crippen LogP contribution is -2.36. The van der Waals surface area contributed by atoms with E-state index in [0.717, 1.165) is 5.56 Å². The van der Waals surface area contributed by atoms with E-state index in [0.29, 0.717) is 22.0 Å². The third kappa shape index (κ3) is 3.72. The van der Waals surface area contributed by atoms with E-state index in [1.54, 1.807) is 42.8 Å². The molecule has 2 aromatic carbocycles. The SMILES string of the molecule is Cc1cc(C)c(S(=O)(=O)NC(C)Cn2cc(C#N)c3cc(F)ccc32)c(N)c1. The minimum absolute atomic E-state index is 0.0714. The molecule has 3 aromatic rings. The molecule has 0 radical (unpaired) electrons. The van der Waals surface area contributed by atoms with E-state index >= 15 is 0 Å². The third-order valence-corrected chi connectivity index (χ3v) is 6.31. The summed E-state index contributed by atoms with van der Waals surface area (Å²) < 4.78 is 43.6. The second kappa shape index (κ2) is 7.26. The van der Waals surface area contributed by atoms with Gasteiger partial charge in [0.15, 0.2) is 0 Å². The molecule has 1 atom stereocenters. The van der Waals surface area contributed by atoms with E-state index < -0.39 is 21.9 Å². The van der Waals surface area contributed by atoms with Crippen molar-refractivity contribution in [1.29, 1.82) is 5.26 Å². The number of halogens is 1. The number of hydrogen-bond acceptors (Lipinski definition) is 4. The van der Waals surface area contributed by atoms with Crippen LogP contribution in [0.1, 0.15) is 23.6 Å². The fraction of sp³-hybridized carbons (Fsp3) is 0.250. The molecule has 0 fully saturated rings. The molecule has 8 heteroatoms. The highest BCUT2D eigenvalue weighted by atomic mass is 32.2. The van der Waals surface area contributed by atoms with Crippen molar-refractivity contribution in [3.63, 3.8) is 0 Å². The summed E-state index contributed by atoms with van der Waals surface area (Å²) in [5.74, 6) is -0.430. The Bertz CT molecular complexity index is 1190. The Balaban J connectivity index is 1.90. The number of aryl methyl sites for hydroxylation is 2. The van der Waals surface area contributed by atoms with Gasteiger partial charge in [0.1, 0.15) is 16.8 Å². The highest BCUT2D eigenvalue weighted by Gasteiger charge is 2.23. The minimum Gasteiger partial charge on any atom is -0.398 e. The molecule has 28 heavy (non-hydrogen) atoms. The molecule has 0 saturated heterocycles. The van der Waals surface area contributed by atoms with Crippen molar-refractivity contribution in [3.8, 4) is 6.07 Å². The van der Waals surface area contributed by atoms with Gasteiger partial charge in [-0.15, -0.1) is 0 Å². The predicted molar refractivity (Wildman–Crippen MR) is 107 cm³/mol. The second-order valence-electron chi connectivity index (χ2n) is 6.99. The first-order chi connectivity index (χ1) is 13.1. The van der Waals surface area contributed by atoms with E-state index in [2.05, 4.69) is 4.72 Å². The van der Waals surface area contributed by atoms with Crippen LogP contribution in [-0.4, -0.2) is 19.0 Å². The smallest absolute Gasteiger partial charge is 0.243 e. The van der Waals surface area contributed by atoms with Gasteiger partial charge < -0.3 is 10.3 Å². The number of fused-ring (bicyclic) bond motifs is 1. The summed E-state index contributed by atoms with van der Waals surface area (Å²) in [5.41, 5.74) is 8.61. The van der Waals surface area contributed by atoms with Crippen molar-refractivity contribution < 1.29 is 12.8 Å². The number of rotatable bonds is 5. The molecular weight excluding hydrogens is 379 g/mol. The maximum atomic E-state index is 13.5. The van der Waals surface area contributed by atoms with Gasteiger partial charge in [0.05, 0.1) is 11.3 Å². The number of anilines is 1. The molecule has 0 saturated carbocycles. The van der Waals surface area contributed by atoms with Gasteiger partial charge >= 0.3 is 0 Å². The van der Waals surface area contributed by atoms with Crippen molar-refractivity contribution in [2.24, 2.45) is 0 Å². The maximum absolute atomic E-state index is 13.5. The maximum Gasteiger partial charge on any atom is 0.243 e. The molecule has 6 nitrogen and oxygen atoms in total. The molecule has 146 valence electrons. The number of aromatic nitrogens is 1. The molecular formula is C20H21FN4O2S. The van der Waals surface area contributed by atoms with Gasteiger partial charge in [-0.3, -0.25) is 0 Å². The molecule has 1 aromatic heterocycles. The molecule has 0 aliphatic rings. The van der Waals surface area contributed by atoms with Crippen LogP contribution in [0.25, 0.3) is 10.9 Å². The van der Waals surface area contributed by atoms with Crippen molar-refractivity contribution in [1.82, 2.24) is 9.29 Å². The first-order valence-corrected chi connectivity index (χ1v) is 10.2. The van der Waals surface area contributed by atoms with Gasteiger partial charge in [-0.1, -0.05) is 6.07 Å². The fourth-order valence-electron chi connectivity index (χ4n) is 3.52. The van der Waals surface area contributed by atoms with Crippen LogP contribution in [0.15, 0.2) is 41.4 Å². The highest BCUT2D eigenvalue weighted by molar-refractivity contribution is 7.89. The van der Waals surface area contributed by atoms with E-state index in [1.807, 2.05) is 13.0 Å². The molecule has 0 aliphatic heterocycles. The summed E-state index contributed by atoms with van der Waals surface area (Å²) >= 11 is 0. The van der Waals surface area contributed by atoms with Crippen LogP contribution >= 0.6 is 0 Å². The fourth-order valence-corrected chi connectivity index (χ4v) is 5.09. The number of sulfonamides is 1. The quantitative estimate of drug-likeness (QED) is 0.642. The van der Waals surface area contributed by atoms with E-state index in [9.17, 15) is 18.1 Å². The monoisotopic (exact) mass is 400 g/mol. The van der Waals surface area contributed by atoms with Crippen LogP contribution in [0.2, 0.25) is 0 Å². The number of nitriles is 1. The molecule has 0 bridgehead atoms. The molecule has 1 unspecified atom stereocenters. The molecule has 0 aliphatic carbocycles. The molecule has 0 amide bonds. The van der Waals surface area contributed by atoms with Gasteiger partial charge in [0.2, 0.25) is 10.0 Å². The number of hydrogen-bond donors (Lipinski definition) is 2. The zero-order valence-corrected chi connectivity index (χ0v) is 16.6. The van der Waals surface area contributed by atoms with Crippen molar-refractivity contribution in [3.05, 3.63) is 59.0 Å². The summed E-state index contributed by atoms with van der Waals surface area (Å²) in [7, 11) is -3.83. The Morgan fingerprint density at radius 1 is 1.29 bits per heavy atom. The Kier molecular flexibility index (Phi) is 5.15. The summed E-state index contributed by atoms with van der Waals surface area (Å²) in [6.45, 7) is 5.55. The van der Waals surface area contributed by atoms with E-state index in [-0.39, 0.29) is 17.1 Å². The van der Waals surface area contributed by atoms with Crippen LogP contribution in [0, 0.1) is 31.0 Å². The third-order valence-electron chi connectivity index (χ3n) is 4.51. The molecule has 3 N–H and O–H groups in total. The van der Waals surface area contributed by atoms with Crippen LogP contribution in [-0.2, 0) is 16.6 Å². The topological polar surface area (TPSA) is 101 Å². The van der Waals surface area contributed by atoms with Crippen LogP contribution in [0.3, 0.4) is 0 Å². The summed E-state index contributed by atoms with van der Waals surface area (Å²) in [6, 6.07) is 9.14. The van der Waals surface area contributed by atoms with Crippen LogP contribution in [0.5, 0.6) is 0 Å². The lowest BCUT2D eigenvalue weighted by Gasteiger charge is -2.18. The van der Waals surface area contributed by atoms with E-state index in [4.69, 9.17) is 5.73 Å². The first kappa shape index (κ1) is 19.9. The lowest BCUT2D eigenvalue weighted by molar-refractivity contribution is 0.527. The van der Waals surface area contributed by atoms with Gasteiger partial charge in [-0.05, 0) is 56.2 Å². The van der Waals surface area contributed by atoms with Crippen molar-refractivity contribution in [2.75, 3.05) is 5.73 Å². The van der Waals surface area contributed by atoms with Gasteiger partial charge in [0, 0.05) is 29.7 Å². The standard InChI is InChI=1S/C20H21FN4O2S/c1-12-6-13(2)20(18(23)7-12)28(26,27)24-14(3)10-25-11-15(9-22)17-8-16(21)4-5-19(17)25/h4-8,11,14,24H,10,23H2,1-3H3. The van der Waals surface area contributed by atoms with Crippen molar-refractivity contribution in [2.45, 2.75) is 38.3 Å². The molecule has 0 spiro atoms. The number of nitrogens with zero attached hydrogens (tertiary/aromatic N) is 2. The number of benzene rings is 2. The number of nitrogen functional groups attached to an aromatic ring is 1.